The van der Waals surface area contributed by atoms with E-state index >= 15 is 0 Å². The molecule has 1 saturated heterocycles. The Morgan fingerprint density at radius 3 is 2.65 bits per heavy atom. The lowest BCUT2D eigenvalue weighted by atomic mass is 10.1. The Bertz CT molecular complexity index is 259. The fourth-order valence-corrected chi connectivity index (χ4v) is 2.74. The maximum Gasteiger partial charge on any atom is 0.188 e. The molecular formula is C16H34N4. The van der Waals surface area contributed by atoms with Crippen molar-refractivity contribution in [1.82, 2.24) is 10.2 Å². The molecular weight excluding hydrogens is 248 g/mol. The molecule has 1 aliphatic rings. The predicted molar refractivity (Wildman–Crippen MR) is 88.1 cm³/mol. The Labute approximate surface area is 125 Å². The molecule has 1 heterocycles. The number of nitrogens with zero attached hydrogens (tertiary/aromatic N) is 2. The summed E-state index contributed by atoms with van der Waals surface area (Å²) in [5, 5.41) is 3.24. The van der Waals surface area contributed by atoms with E-state index in [1.165, 1.54) is 51.6 Å². The maximum absolute atomic E-state index is 5.88. The lowest BCUT2D eigenvalue weighted by molar-refractivity contribution is 0.167. The highest BCUT2D eigenvalue weighted by molar-refractivity contribution is 5.77. The largest absolute Gasteiger partial charge is 0.370 e. The van der Waals surface area contributed by atoms with Crippen LogP contribution in [-0.2, 0) is 0 Å². The van der Waals surface area contributed by atoms with Crippen LogP contribution in [0.1, 0.15) is 65.2 Å². The highest BCUT2D eigenvalue weighted by Crippen LogP contribution is 2.13. The molecule has 1 atom stereocenters. The molecule has 3 N–H and O–H groups in total. The van der Waals surface area contributed by atoms with Crippen LogP contribution in [0, 0.1) is 0 Å². The van der Waals surface area contributed by atoms with Crippen LogP contribution < -0.4 is 11.1 Å². The van der Waals surface area contributed by atoms with Gasteiger partial charge in [0.15, 0.2) is 5.96 Å². The van der Waals surface area contributed by atoms with Crippen molar-refractivity contribution in [3.05, 3.63) is 0 Å². The summed E-state index contributed by atoms with van der Waals surface area (Å²) >= 11 is 0. The molecule has 1 rings (SSSR count). The Kier molecular flexibility index (Phi) is 9.46. The van der Waals surface area contributed by atoms with Gasteiger partial charge in [0, 0.05) is 19.1 Å². The first-order valence-electron chi connectivity index (χ1n) is 8.52. The zero-order valence-electron chi connectivity index (χ0n) is 13.5. The highest BCUT2D eigenvalue weighted by atomic mass is 15.2. The molecule has 0 aliphatic carbocycles. The second-order valence-corrected chi connectivity index (χ2v) is 5.99. The van der Waals surface area contributed by atoms with Gasteiger partial charge in [0.05, 0.1) is 0 Å². The molecule has 0 aromatic rings. The molecule has 1 unspecified atom stereocenters. The molecule has 0 aromatic carbocycles. The van der Waals surface area contributed by atoms with Gasteiger partial charge in [0.25, 0.3) is 0 Å². The summed E-state index contributed by atoms with van der Waals surface area (Å²) in [6.45, 7) is 8.88. The predicted octanol–water partition coefficient (Wildman–Crippen LogP) is 2.74. The van der Waals surface area contributed by atoms with Crippen molar-refractivity contribution < 1.29 is 0 Å². The number of guanidine groups is 1. The Hall–Kier alpha value is -0.770. The first-order valence-corrected chi connectivity index (χ1v) is 8.52. The third kappa shape index (κ3) is 7.73. The summed E-state index contributed by atoms with van der Waals surface area (Å²) in [6, 6.07) is 0.653. The van der Waals surface area contributed by atoms with E-state index in [1.807, 2.05) is 0 Å². The van der Waals surface area contributed by atoms with E-state index < -0.39 is 0 Å². The van der Waals surface area contributed by atoms with Gasteiger partial charge in [0.1, 0.15) is 0 Å². The zero-order valence-corrected chi connectivity index (χ0v) is 13.5. The molecule has 0 amide bonds. The molecule has 4 nitrogen and oxygen atoms in total. The SMILES string of the molecule is CCCCCCN=C(N)NCCC(C)N1CCCCC1. The number of unbranched alkanes of at least 4 members (excludes halogenated alkanes) is 3. The van der Waals surface area contributed by atoms with E-state index in [4.69, 9.17) is 5.73 Å². The van der Waals surface area contributed by atoms with Crippen molar-refractivity contribution in [3.8, 4) is 0 Å². The van der Waals surface area contributed by atoms with E-state index in [0.717, 1.165) is 25.9 Å². The average molecular weight is 282 g/mol. The van der Waals surface area contributed by atoms with Crippen LogP contribution in [0.15, 0.2) is 4.99 Å². The monoisotopic (exact) mass is 282 g/mol. The first-order chi connectivity index (χ1) is 9.74. The second-order valence-electron chi connectivity index (χ2n) is 5.99. The number of rotatable bonds is 9. The Morgan fingerprint density at radius 1 is 1.20 bits per heavy atom. The van der Waals surface area contributed by atoms with E-state index in [0.29, 0.717) is 12.0 Å². The number of aliphatic imine (C=N–C) groups is 1. The summed E-state index contributed by atoms with van der Waals surface area (Å²) in [5.41, 5.74) is 5.88. The highest BCUT2D eigenvalue weighted by Gasteiger charge is 2.15. The fraction of sp³-hybridized carbons (Fsp3) is 0.938. The molecule has 0 bridgehead atoms. The average Bonchev–Trinajstić information content (AvgIpc) is 2.48. The summed E-state index contributed by atoms with van der Waals surface area (Å²) < 4.78 is 0. The van der Waals surface area contributed by atoms with Crippen LogP contribution >= 0.6 is 0 Å². The number of hydrogen-bond donors (Lipinski definition) is 2. The number of nitrogens with one attached hydrogen (secondary N) is 1. The standard InChI is InChI=1S/C16H34N4/c1-3-4-5-7-11-18-16(17)19-12-10-15(2)20-13-8-6-9-14-20/h15H,3-14H2,1-2H3,(H3,17,18,19). The first kappa shape index (κ1) is 17.3. The van der Waals surface area contributed by atoms with Gasteiger partial charge in [0.2, 0.25) is 0 Å². The molecule has 0 radical (unpaired) electrons. The van der Waals surface area contributed by atoms with Crippen molar-refractivity contribution in [1.29, 1.82) is 0 Å². The van der Waals surface area contributed by atoms with Crippen LogP contribution in [0.4, 0.5) is 0 Å². The van der Waals surface area contributed by atoms with Crippen molar-refractivity contribution in [2.75, 3.05) is 26.2 Å². The van der Waals surface area contributed by atoms with Crippen LogP contribution in [0.5, 0.6) is 0 Å². The number of hydrogen-bond acceptors (Lipinski definition) is 2. The van der Waals surface area contributed by atoms with Crippen molar-refractivity contribution >= 4 is 5.96 Å². The smallest absolute Gasteiger partial charge is 0.188 e. The van der Waals surface area contributed by atoms with Crippen molar-refractivity contribution in [2.45, 2.75) is 71.3 Å². The Morgan fingerprint density at radius 2 is 1.95 bits per heavy atom. The van der Waals surface area contributed by atoms with Crippen LogP contribution in [0.3, 0.4) is 0 Å². The number of piperidine rings is 1. The molecule has 118 valence electrons. The van der Waals surface area contributed by atoms with Gasteiger partial charge in [-0.2, -0.15) is 0 Å². The molecule has 1 fully saturated rings. The zero-order chi connectivity index (χ0) is 14.6. The van der Waals surface area contributed by atoms with Gasteiger partial charge in [-0.25, -0.2) is 0 Å². The minimum Gasteiger partial charge on any atom is -0.370 e. The normalized spacial score (nSPS) is 19.0. The molecule has 4 heteroatoms. The lowest BCUT2D eigenvalue weighted by Gasteiger charge is -2.32. The summed E-state index contributed by atoms with van der Waals surface area (Å²) in [5.74, 6) is 0.618. The van der Waals surface area contributed by atoms with Crippen LogP contribution in [0.2, 0.25) is 0 Å². The van der Waals surface area contributed by atoms with Gasteiger partial charge in [-0.1, -0.05) is 32.6 Å². The molecule has 0 aromatic heterocycles. The summed E-state index contributed by atoms with van der Waals surface area (Å²) in [7, 11) is 0. The molecule has 0 spiro atoms. The van der Waals surface area contributed by atoms with Crippen LogP contribution in [-0.4, -0.2) is 43.1 Å². The third-order valence-corrected chi connectivity index (χ3v) is 4.18. The quantitative estimate of drug-likeness (QED) is 0.388. The van der Waals surface area contributed by atoms with Gasteiger partial charge in [-0.3, -0.25) is 4.99 Å². The van der Waals surface area contributed by atoms with Gasteiger partial charge >= 0.3 is 0 Å². The maximum atomic E-state index is 5.88. The topological polar surface area (TPSA) is 53.6 Å². The molecule has 20 heavy (non-hydrogen) atoms. The molecule has 1 aliphatic heterocycles. The lowest BCUT2D eigenvalue weighted by Crippen LogP contribution is -2.40. The Balaban J connectivity index is 2.05. The fourth-order valence-electron chi connectivity index (χ4n) is 2.74. The minimum absolute atomic E-state index is 0.618. The second kappa shape index (κ2) is 11.0. The van der Waals surface area contributed by atoms with Crippen LogP contribution in [0.25, 0.3) is 0 Å². The van der Waals surface area contributed by atoms with Gasteiger partial charge in [-0.05, 0) is 45.7 Å². The van der Waals surface area contributed by atoms with E-state index in [2.05, 4.69) is 29.1 Å². The molecule has 0 saturated carbocycles. The van der Waals surface area contributed by atoms with E-state index in [1.54, 1.807) is 0 Å². The third-order valence-electron chi connectivity index (χ3n) is 4.18. The summed E-state index contributed by atoms with van der Waals surface area (Å²) in [6.07, 6.45) is 10.3. The van der Waals surface area contributed by atoms with E-state index in [-0.39, 0.29) is 0 Å². The van der Waals surface area contributed by atoms with E-state index in [9.17, 15) is 0 Å². The van der Waals surface area contributed by atoms with Crippen molar-refractivity contribution in [3.63, 3.8) is 0 Å². The minimum atomic E-state index is 0.618. The van der Waals surface area contributed by atoms with Gasteiger partial charge < -0.3 is 16.0 Å². The number of nitrogens with two attached hydrogens (primary N) is 1. The van der Waals surface area contributed by atoms with Gasteiger partial charge in [-0.15, -0.1) is 0 Å². The number of likely N-dealkylation sites (tertiary alicyclic amines) is 1. The van der Waals surface area contributed by atoms with Crippen molar-refractivity contribution in [2.24, 2.45) is 10.7 Å². The summed E-state index contributed by atoms with van der Waals surface area (Å²) in [4.78, 5) is 6.98.